The standard InChI is InChI=1S/C10H12N2OS/c1-14-9-4-2-8(3-5-9)12-10-11-6-7-13-10/h2-5H,6-7H2,1H3,(H,11,12). The van der Waals surface area contributed by atoms with Gasteiger partial charge in [0.1, 0.15) is 6.61 Å². The van der Waals surface area contributed by atoms with Crippen LogP contribution < -0.4 is 5.32 Å². The molecule has 4 heteroatoms. The van der Waals surface area contributed by atoms with Gasteiger partial charge in [0.05, 0.1) is 6.54 Å². The summed E-state index contributed by atoms with van der Waals surface area (Å²) in [6.07, 6.45) is 2.06. The molecule has 14 heavy (non-hydrogen) atoms. The van der Waals surface area contributed by atoms with E-state index in [1.807, 2.05) is 12.1 Å². The summed E-state index contributed by atoms with van der Waals surface area (Å²) in [6, 6.07) is 8.82. The highest BCUT2D eigenvalue weighted by molar-refractivity contribution is 7.98. The Morgan fingerprint density at radius 2 is 2.14 bits per heavy atom. The van der Waals surface area contributed by atoms with Crippen molar-refractivity contribution in [3.63, 3.8) is 0 Å². The Kier molecular flexibility index (Phi) is 2.93. The molecule has 0 saturated carbocycles. The molecule has 1 aliphatic heterocycles. The monoisotopic (exact) mass is 208 g/mol. The Morgan fingerprint density at radius 3 is 2.71 bits per heavy atom. The number of aliphatic imine (C=N–C) groups is 1. The number of benzene rings is 1. The molecule has 3 nitrogen and oxygen atoms in total. The predicted molar refractivity (Wildman–Crippen MR) is 60.1 cm³/mol. The molecule has 0 amide bonds. The summed E-state index contributed by atoms with van der Waals surface area (Å²) < 4.78 is 5.25. The van der Waals surface area contributed by atoms with Crippen LogP contribution in [0.15, 0.2) is 34.2 Å². The van der Waals surface area contributed by atoms with Crippen molar-refractivity contribution in [1.29, 1.82) is 0 Å². The van der Waals surface area contributed by atoms with Gasteiger partial charge in [0.15, 0.2) is 0 Å². The van der Waals surface area contributed by atoms with Gasteiger partial charge < -0.3 is 10.1 Å². The van der Waals surface area contributed by atoms with Gasteiger partial charge in [-0.2, -0.15) is 0 Å². The molecule has 1 N–H and O–H groups in total. The number of nitrogens with zero attached hydrogens (tertiary/aromatic N) is 1. The van der Waals surface area contributed by atoms with Crippen molar-refractivity contribution in [3.05, 3.63) is 24.3 Å². The number of hydrogen-bond donors (Lipinski definition) is 1. The molecular formula is C10H12N2OS. The number of thioether (sulfide) groups is 1. The molecule has 1 aromatic carbocycles. The van der Waals surface area contributed by atoms with Crippen molar-refractivity contribution in [1.82, 2.24) is 0 Å². The second-order valence-corrected chi connectivity index (χ2v) is 3.77. The lowest BCUT2D eigenvalue weighted by Crippen LogP contribution is -2.11. The highest BCUT2D eigenvalue weighted by Crippen LogP contribution is 2.17. The van der Waals surface area contributed by atoms with E-state index >= 15 is 0 Å². The zero-order valence-corrected chi connectivity index (χ0v) is 8.80. The van der Waals surface area contributed by atoms with Gasteiger partial charge in [0.25, 0.3) is 6.02 Å². The van der Waals surface area contributed by atoms with E-state index < -0.39 is 0 Å². The van der Waals surface area contributed by atoms with E-state index in [1.165, 1.54) is 4.90 Å². The minimum Gasteiger partial charge on any atom is -0.463 e. The van der Waals surface area contributed by atoms with E-state index in [2.05, 4.69) is 28.7 Å². The fourth-order valence-electron chi connectivity index (χ4n) is 1.21. The smallest absolute Gasteiger partial charge is 0.289 e. The number of hydrogen-bond acceptors (Lipinski definition) is 4. The molecular weight excluding hydrogens is 196 g/mol. The first-order valence-electron chi connectivity index (χ1n) is 4.47. The van der Waals surface area contributed by atoms with Crippen molar-refractivity contribution in [3.8, 4) is 0 Å². The molecule has 0 unspecified atom stereocenters. The SMILES string of the molecule is CSc1ccc(NC2=NCCO2)cc1. The van der Waals surface area contributed by atoms with Gasteiger partial charge in [-0.1, -0.05) is 0 Å². The molecule has 2 rings (SSSR count). The van der Waals surface area contributed by atoms with Gasteiger partial charge in [-0.3, -0.25) is 0 Å². The lowest BCUT2D eigenvalue weighted by atomic mass is 10.3. The van der Waals surface area contributed by atoms with E-state index in [-0.39, 0.29) is 0 Å². The molecule has 0 fully saturated rings. The van der Waals surface area contributed by atoms with Crippen molar-refractivity contribution in [2.75, 3.05) is 24.7 Å². The average molecular weight is 208 g/mol. The van der Waals surface area contributed by atoms with Crippen LogP contribution in [0.4, 0.5) is 5.69 Å². The normalized spacial score (nSPS) is 14.8. The second-order valence-electron chi connectivity index (χ2n) is 2.89. The van der Waals surface area contributed by atoms with Crippen LogP contribution in [0.3, 0.4) is 0 Å². The van der Waals surface area contributed by atoms with Crippen LogP contribution in [0.1, 0.15) is 0 Å². The summed E-state index contributed by atoms with van der Waals surface area (Å²) in [7, 11) is 0. The summed E-state index contributed by atoms with van der Waals surface area (Å²) in [5.74, 6) is 0. The van der Waals surface area contributed by atoms with Crippen molar-refractivity contribution < 1.29 is 4.74 Å². The van der Waals surface area contributed by atoms with Crippen molar-refractivity contribution in [2.45, 2.75) is 4.90 Å². The topological polar surface area (TPSA) is 33.6 Å². The quantitative estimate of drug-likeness (QED) is 0.756. The van der Waals surface area contributed by atoms with Crippen LogP contribution in [0, 0.1) is 0 Å². The summed E-state index contributed by atoms with van der Waals surface area (Å²) in [6.45, 7) is 1.44. The van der Waals surface area contributed by atoms with Gasteiger partial charge in [-0.05, 0) is 30.5 Å². The Morgan fingerprint density at radius 1 is 1.36 bits per heavy atom. The molecule has 0 bridgehead atoms. The Bertz CT molecular complexity index is 334. The summed E-state index contributed by atoms with van der Waals surface area (Å²) in [4.78, 5) is 5.41. The zero-order valence-electron chi connectivity index (χ0n) is 7.99. The lowest BCUT2D eigenvalue weighted by Gasteiger charge is -2.05. The summed E-state index contributed by atoms with van der Waals surface area (Å²) >= 11 is 1.73. The maximum atomic E-state index is 5.25. The van der Waals surface area contributed by atoms with Crippen LogP contribution in [-0.4, -0.2) is 25.4 Å². The third kappa shape index (κ3) is 2.20. The molecule has 1 heterocycles. The molecule has 0 spiro atoms. The first kappa shape index (κ1) is 9.40. The number of rotatable bonds is 2. The molecule has 0 aromatic heterocycles. The largest absolute Gasteiger partial charge is 0.463 e. The molecule has 1 aromatic rings. The maximum Gasteiger partial charge on any atom is 0.289 e. The third-order valence-electron chi connectivity index (χ3n) is 1.93. The Balaban J connectivity index is 2.02. The minimum absolute atomic E-state index is 0.627. The van der Waals surface area contributed by atoms with Crippen molar-refractivity contribution in [2.24, 2.45) is 4.99 Å². The molecule has 0 atom stereocenters. The van der Waals surface area contributed by atoms with Crippen LogP contribution >= 0.6 is 11.8 Å². The van der Waals surface area contributed by atoms with Crippen LogP contribution in [0.2, 0.25) is 0 Å². The van der Waals surface area contributed by atoms with E-state index in [4.69, 9.17) is 4.74 Å². The van der Waals surface area contributed by atoms with E-state index in [0.29, 0.717) is 12.6 Å². The third-order valence-corrected chi connectivity index (χ3v) is 2.67. The predicted octanol–water partition coefficient (Wildman–Crippen LogP) is 2.21. The molecule has 0 radical (unpaired) electrons. The van der Waals surface area contributed by atoms with E-state index in [0.717, 1.165) is 12.2 Å². The maximum absolute atomic E-state index is 5.25. The molecule has 1 aliphatic rings. The van der Waals surface area contributed by atoms with Gasteiger partial charge in [-0.15, -0.1) is 11.8 Å². The summed E-state index contributed by atoms with van der Waals surface area (Å²) in [5.41, 5.74) is 1.02. The number of amidine groups is 1. The highest BCUT2D eigenvalue weighted by atomic mass is 32.2. The van der Waals surface area contributed by atoms with Gasteiger partial charge >= 0.3 is 0 Å². The number of anilines is 1. The Hall–Kier alpha value is -1.16. The van der Waals surface area contributed by atoms with Crippen LogP contribution in [0.25, 0.3) is 0 Å². The molecule has 0 saturated heterocycles. The lowest BCUT2D eigenvalue weighted by molar-refractivity contribution is 0.346. The fourth-order valence-corrected chi connectivity index (χ4v) is 1.62. The van der Waals surface area contributed by atoms with E-state index in [9.17, 15) is 0 Å². The summed E-state index contributed by atoms with van der Waals surface area (Å²) in [5, 5.41) is 3.11. The van der Waals surface area contributed by atoms with Gasteiger partial charge in [0.2, 0.25) is 0 Å². The highest BCUT2D eigenvalue weighted by Gasteiger charge is 2.06. The fraction of sp³-hybridized carbons (Fsp3) is 0.300. The van der Waals surface area contributed by atoms with E-state index in [1.54, 1.807) is 11.8 Å². The number of ether oxygens (including phenoxy) is 1. The van der Waals surface area contributed by atoms with Crippen LogP contribution in [-0.2, 0) is 4.74 Å². The zero-order chi connectivity index (χ0) is 9.80. The second kappa shape index (κ2) is 4.37. The van der Waals surface area contributed by atoms with Crippen molar-refractivity contribution >= 4 is 23.5 Å². The number of nitrogens with one attached hydrogen (secondary N) is 1. The molecule has 0 aliphatic carbocycles. The minimum atomic E-state index is 0.627. The van der Waals surface area contributed by atoms with Gasteiger partial charge in [-0.25, -0.2) is 4.99 Å². The first-order valence-corrected chi connectivity index (χ1v) is 5.69. The van der Waals surface area contributed by atoms with Crippen LogP contribution in [0.5, 0.6) is 0 Å². The average Bonchev–Trinajstić information content (AvgIpc) is 2.72. The first-order chi connectivity index (χ1) is 6.88. The van der Waals surface area contributed by atoms with Gasteiger partial charge in [0, 0.05) is 10.6 Å². The Labute approximate surface area is 87.6 Å². The molecule has 74 valence electrons.